The number of halogens is 2. The maximum Gasteiger partial charge on any atom is 0.410 e. The van der Waals surface area contributed by atoms with Crippen molar-refractivity contribution in [2.45, 2.75) is 89.8 Å². The monoisotopic (exact) mass is 644 g/mol. The molecular formula is C34H38F2N8O3. The Balaban J connectivity index is 1.44. The number of fused-ring (bicyclic) bond motifs is 1. The van der Waals surface area contributed by atoms with Crippen molar-refractivity contribution in [2.75, 3.05) is 23.7 Å². The second-order valence-electron chi connectivity index (χ2n) is 14.0. The molecule has 4 aromatic rings. The van der Waals surface area contributed by atoms with Crippen LogP contribution in [0.4, 0.5) is 25.1 Å². The predicted octanol–water partition coefficient (Wildman–Crippen LogP) is 5.69. The molecule has 2 saturated carbocycles. The van der Waals surface area contributed by atoms with Gasteiger partial charge in [-0.3, -0.25) is 0 Å². The summed E-state index contributed by atoms with van der Waals surface area (Å²) in [5, 5.41) is 0.262. The number of ether oxygens (including phenoxy) is 1. The zero-order chi connectivity index (χ0) is 33.4. The molecule has 7 rings (SSSR count). The smallest absolute Gasteiger partial charge is 0.410 e. The van der Waals surface area contributed by atoms with Crippen LogP contribution in [0.15, 0.2) is 35.4 Å². The third kappa shape index (κ3) is 5.65. The van der Waals surface area contributed by atoms with E-state index >= 15 is 8.78 Å². The molecular weight excluding hydrogens is 606 g/mol. The van der Waals surface area contributed by atoms with Gasteiger partial charge in [-0.05, 0) is 78.5 Å². The first-order valence-electron chi connectivity index (χ1n) is 16.1. The van der Waals surface area contributed by atoms with Gasteiger partial charge >= 0.3 is 11.8 Å². The molecule has 2 N–H and O–H groups in total. The summed E-state index contributed by atoms with van der Waals surface area (Å²) in [5.41, 5.74) is 6.44. The van der Waals surface area contributed by atoms with E-state index in [1.54, 1.807) is 4.90 Å². The van der Waals surface area contributed by atoms with Crippen LogP contribution in [-0.4, -0.2) is 66.3 Å². The summed E-state index contributed by atoms with van der Waals surface area (Å²) in [7, 11) is 0. The average molecular weight is 645 g/mol. The third-order valence-electron chi connectivity index (χ3n) is 9.00. The molecule has 11 nitrogen and oxygen atoms in total. The van der Waals surface area contributed by atoms with Crippen LogP contribution in [0.25, 0.3) is 28.0 Å². The van der Waals surface area contributed by atoms with Gasteiger partial charge in [0, 0.05) is 42.7 Å². The minimum Gasteiger partial charge on any atom is -0.444 e. The normalized spacial score (nSPS) is 20.1. The van der Waals surface area contributed by atoms with Gasteiger partial charge in [-0.1, -0.05) is 6.07 Å². The van der Waals surface area contributed by atoms with Crippen LogP contribution in [0.2, 0.25) is 0 Å². The molecule has 13 heteroatoms. The van der Waals surface area contributed by atoms with Gasteiger partial charge in [-0.2, -0.15) is 4.98 Å². The Morgan fingerprint density at radius 1 is 0.957 bits per heavy atom. The molecule has 0 spiro atoms. The number of amides is 1. The highest BCUT2D eigenvalue weighted by molar-refractivity contribution is 5.91. The molecule has 1 amide bonds. The van der Waals surface area contributed by atoms with E-state index in [1.807, 2.05) is 39.5 Å². The Morgan fingerprint density at radius 2 is 1.62 bits per heavy atom. The Labute approximate surface area is 270 Å². The molecule has 47 heavy (non-hydrogen) atoms. The number of anilines is 2. The Morgan fingerprint density at radius 3 is 2.21 bits per heavy atom. The number of carbonyl (C=O) groups is 1. The fraction of sp³-hybridized carbons (Fsp3) is 0.471. The van der Waals surface area contributed by atoms with Crippen LogP contribution in [-0.2, 0) is 4.74 Å². The minimum atomic E-state index is -0.815. The maximum absolute atomic E-state index is 16.2. The van der Waals surface area contributed by atoms with Crippen molar-refractivity contribution in [1.29, 1.82) is 0 Å². The molecule has 4 heterocycles. The zero-order valence-electron chi connectivity index (χ0n) is 27.1. The topological polar surface area (TPSA) is 132 Å². The Kier molecular flexibility index (Phi) is 7.40. The number of rotatable bonds is 5. The summed E-state index contributed by atoms with van der Waals surface area (Å²) in [6.45, 7) is 9.80. The number of pyridine rings is 1. The summed E-state index contributed by atoms with van der Waals surface area (Å²) in [6.07, 6.45) is 4.77. The molecule has 3 aliphatic rings. The SMILES string of the molecule is C[C@@H]1CN(c2nc(=O)n(-c3c(C4CC4)ncnc3C3CC3)c3nc(-c4c(N)cccc4F)c(F)cc23)[C@@H](C)CN1C(=O)OC(C)(C)C. The molecule has 2 atom stereocenters. The van der Waals surface area contributed by atoms with Crippen molar-refractivity contribution in [3.63, 3.8) is 0 Å². The van der Waals surface area contributed by atoms with Gasteiger partial charge in [-0.15, -0.1) is 0 Å². The van der Waals surface area contributed by atoms with Crippen LogP contribution in [0.3, 0.4) is 0 Å². The number of nitrogens with zero attached hydrogens (tertiary/aromatic N) is 7. The van der Waals surface area contributed by atoms with E-state index in [9.17, 15) is 9.59 Å². The molecule has 2 aliphatic carbocycles. The number of aromatic nitrogens is 5. The highest BCUT2D eigenvalue weighted by Crippen LogP contribution is 2.47. The van der Waals surface area contributed by atoms with Crippen molar-refractivity contribution >= 4 is 28.6 Å². The van der Waals surface area contributed by atoms with Crippen LogP contribution in [0.5, 0.6) is 0 Å². The molecule has 0 radical (unpaired) electrons. The number of carbonyl (C=O) groups excluding carboxylic acids is 1. The lowest BCUT2D eigenvalue weighted by atomic mass is 10.1. The van der Waals surface area contributed by atoms with Crippen LogP contribution in [0, 0.1) is 11.6 Å². The molecule has 1 aromatic carbocycles. The van der Waals surface area contributed by atoms with E-state index in [2.05, 4.69) is 19.9 Å². The fourth-order valence-electron chi connectivity index (χ4n) is 6.44. The van der Waals surface area contributed by atoms with E-state index in [4.69, 9.17) is 10.5 Å². The average Bonchev–Trinajstić information content (AvgIpc) is 3.91. The molecule has 1 saturated heterocycles. The molecule has 1 aliphatic heterocycles. The van der Waals surface area contributed by atoms with E-state index in [-0.39, 0.29) is 64.3 Å². The lowest BCUT2D eigenvalue weighted by molar-refractivity contribution is 0.0130. The summed E-state index contributed by atoms with van der Waals surface area (Å²) in [4.78, 5) is 49.4. The van der Waals surface area contributed by atoms with Crippen molar-refractivity contribution < 1.29 is 18.3 Å². The first-order chi connectivity index (χ1) is 22.3. The molecule has 0 unspecified atom stereocenters. The third-order valence-corrected chi connectivity index (χ3v) is 9.00. The molecule has 0 bridgehead atoms. The minimum absolute atomic E-state index is 0.0139. The first kappa shape index (κ1) is 30.9. The lowest BCUT2D eigenvalue weighted by Gasteiger charge is -2.44. The van der Waals surface area contributed by atoms with Crippen LogP contribution >= 0.6 is 0 Å². The highest BCUT2D eigenvalue weighted by Gasteiger charge is 2.39. The highest BCUT2D eigenvalue weighted by atomic mass is 19.1. The molecule has 3 aromatic heterocycles. The quantitative estimate of drug-likeness (QED) is 0.272. The maximum atomic E-state index is 16.2. The van der Waals surface area contributed by atoms with Gasteiger partial charge in [0.1, 0.15) is 29.3 Å². The largest absolute Gasteiger partial charge is 0.444 e. The first-order valence-corrected chi connectivity index (χ1v) is 16.1. The van der Waals surface area contributed by atoms with Crippen molar-refractivity contribution in [3.05, 3.63) is 64.1 Å². The number of hydrogen-bond donors (Lipinski definition) is 1. The van der Waals surface area contributed by atoms with Crippen molar-refractivity contribution in [3.8, 4) is 16.9 Å². The van der Waals surface area contributed by atoms with Gasteiger partial charge in [-0.25, -0.2) is 37.9 Å². The van der Waals surface area contributed by atoms with Crippen molar-refractivity contribution in [1.82, 2.24) is 29.4 Å². The Hall–Kier alpha value is -4.68. The summed E-state index contributed by atoms with van der Waals surface area (Å²) >= 11 is 0. The zero-order valence-corrected chi connectivity index (χ0v) is 27.1. The standard InChI is InChI=1S/C34H38F2N8O3/c1-17-15-43(33(46)47-34(3,4)5)18(2)14-42(17)30-21-13-23(36)28(25-22(35)7-6-8-24(25)37)40-31(21)44(32(45)41-30)29-26(19-9-10-19)38-16-39-27(29)20-11-12-20/h6-8,13,16-20H,9-12,14-15,37H2,1-5H3/t17-,18+/m0/s1. The fourth-order valence-corrected chi connectivity index (χ4v) is 6.44. The Bertz CT molecular complexity index is 1920. The van der Waals surface area contributed by atoms with Gasteiger partial charge < -0.3 is 20.3 Å². The summed E-state index contributed by atoms with van der Waals surface area (Å²) in [6, 6.07) is 4.71. The van der Waals surface area contributed by atoms with Crippen LogP contribution in [0.1, 0.15) is 83.5 Å². The van der Waals surface area contributed by atoms with E-state index in [0.717, 1.165) is 37.1 Å². The second kappa shape index (κ2) is 11.2. The summed E-state index contributed by atoms with van der Waals surface area (Å²) < 4.78 is 38.4. The second-order valence-corrected chi connectivity index (χ2v) is 14.0. The van der Waals surface area contributed by atoms with Crippen LogP contribution < -0.4 is 16.3 Å². The van der Waals surface area contributed by atoms with E-state index in [0.29, 0.717) is 12.2 Å². The molecule has 3 fully saturated rings. The van der Waals surface area contributed by atoms with Gasteiger partial charge in [0.05, 0.1) is 28.0 Å². The number of benzene rings is 1. The lowest BCUT2D eigenvalue weighted by Crippen LogP contribution is -2.59. The molecule has 246 valence electrons. The number of piperazine rings is 1. The van der Waals surface area contributed by atoms with Crippen molar-refractivity contribution in [2.24, 2.45) is 0 Å². The summed E-state index contributed by atoms with van der Waals surface area (Å²) in [5.74, 6) is -1.03. The van der Waals surface area contributed by atoms with E-state index < -0.39 is 29.0 Å². The van der Waals surface area contributed by atoms with Gasteiger partial charge in [0.15, 0.2) is 11.5 Å². The number of nitrogens with two attached hydrogens (primary N) is 1. The number of hydrogen-bond acceptors (Lipinski definition) is 9. The van der Waals surface area contributed by atoms with E-state index in [1.165, 1.54) is 35.2 Å². The number of nitrogen functional groups attached to an aromatic ring is 1. The van der Waals surface area contributed by atoms with Gasteiger partial charge in [0.2, 0.25) is 0 Å². The van der Waals surface area contributed by atoms with Gasteiger partial charge in [0.25, 0.3) is 0 Å². The predicted molar refractivity (Wildman–Crippen MR) is 174 cm³/mol.